The number of hydrogen-bond donors (Lipinski definition) is 1. The first kappa shape index (κ1) is 11.7. The van der Waals surface area contributed by atoms with Gasteiger partial charge in [-0.2, -0.15) is 0 Å². The molecule has 1 heterocycles. The Bertz CT molecular complexity index is 378. The summed E-state index contributed by atoms with van der Waals surface area (Å²) in [5.41, 5.74) is 2.50. The summed E-state index contributed by atoms with van der Waals surface area (Å²) in [6.07, 6.45) is 2.18. The minimum atomic E-state index is 0.376. The highest BCUT2D eigenvalue weighted by Gasteiger charge is 2.22. The van der Waals surface area contributed by atoms with E-state index in [4.69, 9.17) is 16.3 Å². The molecular weight excluding hydrogens is 222 g/mol. The van der Waals surface area contributed by atoms with Crippen molar-refractivity contribution in [2.24, 2.45) is 0 Å². The van der Waals surface area contributed by atoms with Gasteiger partial charge in [0, 0.05) is 11.6 Å². The van der Waals surface area contributed by atoms with Gasteiger partial charge in [-0.3, -0.25) is 0 Å². The summed E-state index contributed by atoms with van der Waals surface area (Å²) in [7, 11) is 0. The first-order valence-electron chi connectivity index (χ1n) is 5.89. The van der Waals surface area contributed by atoms with Crippen LogP contribution in [0.4, 0.5) is 0 Å². The van der Waals surface area contributed by atoms with Gasteiger partial charge >= 0.3 is 0 Å². The molecule has 0 radical (unpaired) electrons. The predicted molar refractivity (Wildman–Crippen MR) is 67.3 cm³/mol. The number of aryl methyl sites for hydroxylation is 1. The third kappa shape index (κ3) is 2.18. The second kappa shape index (κ2) is 5.07. The molecule has 0 saturated carbocycles. The van der Waals surface area contributed by atoms with Crippen LogP contribution in [0.1, 0.15) is 36.9 Å². The van der Waals surface area contributed by atoms with Crippen LogP contribution in [0.3, 0.4) is 0 Å². The van der Waals surface area contributed by atoms with Gasteiger partial charge in [-0.05, 0) is 37.9 Å². The summed E-state index contributed by atoms with van der Waals surface area (Å²) >= 11 is 6.20. The highest BCUT2D eigenvalue weighted by atomic mass is 35.5. The molecule has 88 valence electrons. The zero-order valence-electron chi connectivity index (χ0n) is 9.85. The number of hydrogen-bond acceptors (Lipinski definition) is 2. The third-order valence-corrected chi connectivity index (χ3v) is 3.35. The van der Waals surface area contributed by atoms with Crippen LogP contribution in [0.25, 0.3) is 0 Å². The Morgan fingerprint density at radius 3 is 3.06 bits per heavy atom. The molecule has 1 aliphatic heterocycles. The van der Waals surface area contributed by atoms with Crippen molar-refractivity contribution in [3.8, 4) is 5.75 Å². The molecule has 0 amide bonds. The normalized spacial score (nSPS) is 19.8. The zero-order valence-corrected chi connectivity index (χ0v) is 10.6. The quantitative estimate of drug-likeness (QED) is 0.853. The summed E-state index contributed by atoms with van der Waals surface area (Å²) in [6, 6.07) is 4.37. The average Bonchev–Trinajstić information content (AvgIpc) is 2.48. The first-order valence-corrected chi connectivity index (χ1v) is 6.27. The van der Waals surface area contributed by atoms with E-state index in [2.05, 4.69) is 25.2 Å². The molecule has 0 fully saturated rings. The monoisotopic (exact) mass is 239 g/mol. The van der Waals surface area contributed by atoms with Gasteiger partial charge in [0.1, 0.15) is 5.75 Å². The Kier molecular flexibility index (Phi) is 3.72. The van der Waals surface area contributed by atoms with Crippen LogP contribution < -0.4 is 10.1 Å². The standard InChI is InChI=1S/C13H18ClNO/c1-3-15-11-5-4-8-16-13-10(14)7-6-9(2)12(11)13/h6-7,11,15H,3-5,8H2,1-2H3. The number of benzene rings is 1. The summed E-state index contributed by atoms with van der Waals surface area (Å²) in [5.74, 6) is 0.880. The maximum atomic E-state index is 6.20. The minimum Gasteiger partial charge on any atom is -0.492 e. The van der Waals surface area contributed by atoms with Crippen LogP contribution in [0.2, 0.25) is 5.02 Å². The van der Waals surface area contributed by atoms with Crippen LogP contribution >= 0.6 is 11.6 Å². The number of fused-ring (bicyclic) bond motifs is 1. The summed E-state index contributed by atoms with van der Waals surface area (Å²) < 4.78 is 5.76. The lowest BCUT2D eigenvalue weighted by atomic mass is 9.97. The van der Waals surface area contributed by atoms with Gasteiger partial charge in [0.25, 0.3) is 0 Å². The van der Waals surface area contributed by atoms with E-state index in [0.29, 0.717) is 6.04 Å². The van der Waals surface area contributed by atoms with E-state index in [-0.39, 0.29) is 0 Å². The van der Waals surface area contributed by atoms with Crippen LogP contribution in [-0.4, -0.2) is 13.2 Å². The van der Waals surface area contributed by atoms with Gasteiger partial charge in [0.15, 0.2) is 0 Å². The van der Waals surface area contributed by atoms with E-state index < -0.39 is 0 Å². The highest BCUT2D eigenvalue weighted by molar-refractivity contribution is 6.32. The van der Waals surface area contributed by atoms with Crippen molar-refractivity contribution in [1.82, 2.24) is 5.32 Å². The fraction of sp³-hybridized carbons (Fsp3) is 0.538. The van der Waals surface area contributed by atoms with Gasteiger partial charge in [0.2, 0.25) is 0 Å². The van der Waals surface area contributed by atoms with Crippen LogP contribution in [0.15, 0.2) is 12.1 Å². The second-order valence-corrected chi connectivity index (χ2v) is 4.62. The summed E-state index contributed by atoms with van der Waals surface area (Å²) in [4.78, 5) is 0. The number of halogens is 1. The molecule has 0 bridgehead atoms. The van der Waals surface area contributed by atoms with E-state index in [1.165, 1.54) is 11.1 Å². The molecule has 2 nitrogen and oxygen atoms in total. The van der Waals surface area contributed by atoms with E-state index in [9.17, 15) is 0 Å². The van der Waals surface area contributed by atoms with Crippen molar-refractivity contribution < 1.29 is 4.74 Å². The number of ether oxygens (including phenoxy) is 1. The largest absolute Gasteiger partial charge is 0.492 e. The van der Waals surface area contributed by atoms with E-state index >= 15 is 0 Å². The summed E-state index contributed by atoms with van der Waals surface area (Å²) in [5, 5.41) is 4.24. The molecule has 1 aromatic carbocycles. The highest BCUT2D eigenvalue weighted by Crippen LogP contribution is 2.39. The van der Waals surface area contributed by atoms with Crippen molar-refractivity contribution in [3.05, 3.63) is 28.3 Å². The number of rotatable bonds is 2. The molecule has 1 atom stereocenters. The maximum absolute atomic E-state index is 6.20. The zero-order chi connectivity index (χ0) is 11.5. The Morgan fingerprint density at radius 1 is 1.50 bits per heavy atom. The topological polar surface area (TPSA) is 21.3 Å². The molecule has 0 spiro atoms. The van der Waals surface area contributed by atoms with E-state index in [0.717, 1.165) is 36.8 Å². The van der Waals surface area contributed by atoms with Crippen LogP contribution in [0, 0.1) is 6.92 Å². The fourth-order valence-electron chi connectivity index (χ4n) is 2.31. The van der Waals surface area contributed by atoms with Crippen molar-refractivity contribution in [2.75, 3.05) is 13.2 Å². The molecule has 3 heteroatoms. The molecule has 1 unspecified atom stereocenters. The molecule has 16 heavy (non-hydrogen) atoms. The summed E-state index contributed by atoms with van der Waals surface area (Å²) in [6.45, 7) is 5.98. The predicted octanol–water partition coefficient (Wildman–Crippen LogP) is 3.47. The molecular formula is C13H18ClNO. The van der Waals surface area contributed by atoms with Gasteiger partial charge in [-0.15, -0.1) is 0 Å². The molecule has 2 rings (SSSR count). The first-order chi connectivity index (χ1) is 7.74. The van der Waals surface area contributed by atoms with Crippen LogP contribution in [-0.2, 0) is 0 Å². The van der Waals surface area contributed by atoms with Gasteiger partial charge in [0.05, 0.1) is 11.6 Å². The SMILES string of the molecule is CCNC1CCCOc2c(Cl)ccc(C)c21. The van der Waals surface area contributed by atoms with E-state index in [1.54, 1.807) is 0 Å². The fourth-order valence-corrected chi connectivity index (χ4v) is 2.53. The average molecular weight is 240 g/mol. The lowest BCUT2D eigenvalue weighted by Gasteiger charge is -2.20. The molecule has 1 N–H and O–H groups in total. The minimum absolute atomic E-state index is 0.376. The lowest BCUT2D eigenvalue weighted by Crippen LogP contribution is -2.21. The Labute approximate surface area is 102 Å². The van der Waals surface area contributed by atoms with Gasteiger partial charge in [-0.1, -0.05) is 24.6 Å². The lowest BCUT2D eigenvalue weighted by molar-refractivity contribution is 0.315. The van der Waals surface area contributed by atoms with Crippen molar-refractivity contribution in [1.29, 1.82) is 0 Å². The number of nitrogens with one attached hydrogen (secondary N) is 1. The van der Waals surface area contributed by atoms with Crippen molar-refractivity contribution >= 4 is 11.6 Å². The van der Waals surface area contributed by atoms with Gasteiger partial charge in [-0.25, -0.2) is 0 Å². The van der Waals surface area contributed by atoms with Crippen molar-refractivity contribution in [3.63, 3.8) is 0 Å². The van der Waals surface area contributed by atoms with Gasteiger partial charge < -0.3 is 10.1 Å². The molecule has 1 aromatic rings. The molecule has 0 aliphatic carbocycles. The molecule has 1 aliphatic rings. The second-order valence-electron chi connectivity index (χ2n) is 4.21. The third-order valence-electron chi connectivity index (χ3n) is 3.05. The maximum Gasteiger partial charge on any atom is 0.142 e. The molecule has 0 saturated heterocycles. The Morgan fingerprint density at radius 2 is 2.31 bits per heavy atom. The van der Waals surface area contributed by atoms with E-state index in [1.807, 2.05) is 6.07 Å². The smallest absolute Gasteiger partial charge is 0.142 e. The molecule has 0 aromatic heterocycles. The Hall–Kier alpha value is -0.730. The Balaban J connectivity index is 2.46. The van der Waals surface area contributed by atoms with Crippen molar-refractivity contribution in [2.45, 2.75) is 32.7 Å². The van der Waals surface area contributed by atoms with Crippen LogP contribution in [0.5, 0.6) is 5.75 Å².